The Morgan fingerprint density at radius 3 is 3.27 bits per heavy atom. The van der Waals surface area contributed by atoms with E-state index in [2.05, 4.69) is 18.2 Å². The maximum absolute atomic E-state index is 4.40. The first kappa shape index (κ1) is 6.89. The molecule has 60 valence electrons. The number of fused-ring (bicyclic) bond motifs is 1. The molecule has 0 saturated carbocycles. The van der Waals surface area contributed by atoms with Crippen molar-refractivity contribution in [2.45, 2.75) is 26.2 Å². The molecule has 1 unspecified atom stereocenters. The lowest BCUT2D eigenvalue weighted by molar-refractivity contribution is 0.497. The topological polar surface area (TPSA) is 17.8 Å². The minimum atomic E-state index is 0.853. The molecule has 1 heterocycles. The molecule has 1 aliphatic rings. The Morgan fingerprint density at radius 1 is 1.64 bits per heavy atom. The third-order valence-electron chi connectivity index (χ3n) is 2.43. The van der Waals surface area contributed by atoms with E-state index in [1.54, 1.807) is 0 Å². The Labute approximate surface area is 67.2 Å². The Morgan fingerprint density at radius 2 is 2.45 bits per heavy atom. The molecule has 2 rings (SSSR count). The summed E-state index contributed by atoms with van der Waals surface area (Å²) in [5.74, 6) is 0.853. The second-order valence-corrected chi connectivity index (χ2v) is 3.62. The summed E-state index contributed by atoms with van der Waals surface area (Å²) >= 11 is 0. The average molecular weight is 150 g/mol. The number of nitrogens with zero attached hydrogens (tertiary/aromatic N) is 2. The van der Waals surface area contributed by atoms with Gasteiger partial charge in [-0.2, -0.15) is 5.10 Å². The Hall–Kier alpha value is -0.790. The van der Waals surface area contributed by atoms with Crippen molar-refractivity contribution in [2.24, 2.45) is 13.0 Å². The average Bonchev–Trinajstić information content (AvgIpc) is 2.27. The molecule has 0 radical (unpaired) electrons. The van der Waals surface area contributed by atoms with Gasteiger partial charge in [0.25, 0.3) is 0 Å². The molecule has 0 bridgehead atoms. The highest BCUT2D eigenvalue weighted by Gasteiger charge is 2.17. The standard InChI is InChI=1S/C9H14N2/c1-7-3-4-9-8(5-7)6-11(2)10-9/h6-7H,3-5H2,1-2H3. The van der Waals surface area contributed by atoms with Crippen molar-refractivity contribution in [3.05, 3.63) is 17.5 Å². The molecule has 11 heavy (non-hydrogen) atoms. The highest BCUT2D eigenvalue weighted by molar-refractivity contribution is 5.20. The van der Waals surface area contributed by atoms with Crippen LogP contribution in [0.15, 0.2) is 6.20 Å². The molecule has 2 nitrogen and oxygen atoms in total. The van der Waals surface area contributed by atoms with Gasteiger partial charge in [-0.05, 0) is 30.7 Å². The van der Waals surface area contributed by atoms with Crippen LogP contribution in [0, 0.1) is 5.92 Å². The highest BCUT2D eigenvalue weighted by Crippen LogP contribution is 2.23. The molecule has 1 aromatic heterocycles. The smallest absolute Gasteiger partial charge is 0.0656 e. The van der Waals surface area contributed by atoms with E-state index >= 15 is 0 Å². The van der Waals surface area contributed by atoms with E-state index in [4.69, 9.17) is 0 Å². The zero-order valence-electron chi connectivity index (χ0n) is 7.17. The van der Waals surface area contributed by atoms with E-state index in [1.807, 2.05) is 11.7 Å². The van der Waals surface area contributed by atoms with Gasteiger partial charge in [-0.25, -0.2) is 0 Å². The van der Waals surface area contributed by atoms with Gasteiger partial charge in [0.15, 0.2) is 0 Å². The number of rotatable bonds is 0. The number of aryl methyl sites for hydroxylation is 2. The van der Waals surface area contributed by atoms with Gasteiger partial charge in [-0.1, -0.05) is 6.92 Å². The minimum Gasteiger partial charge on any atom is -0.275 e. The summed E-state index contributed by atoms with van der Waals surface area (Å²) in [4.78, 5) is 0. The molecule has 2 heteroatoms. The lowest BCUT2D eigenvalue weighted by atomic mass is 9.89. The van der Waals surface area contributed by atoms with Crippen LogP contribution >= 0.6 is 0 Å². The van der Waals surface area contributed by atoms with Gasteiger partial charge < -0.3 is 0 Å². The van der Waals surface area contributed by atoms with Crippen LogP contribution in [0.5, 0.6) is 0 Å². The SMILES string of the molecule is CC1CCc2nn(C)cc2C1. The van der Waals surface area contributed by atoms with Crippen LogP contribution in [0.4, 0.5) is 0 Å². The molecule has 1 aromatic rings. The Bertz CT molecular complexity index is 263. The van der Waals surface area contributed by atoms with Crippen molar-refractivity contribution in [1.82, 2.24) is 9.78 Å². The van der Waals surface area contributed by atoms with E-state index in [9.17, 15) is 0 Å². The summed E-state index contributed by atoms with van der Waals surface area (Å²) in [5, 5.41) is 4.40. The van der Waals surface area contributed by atoms with Gasteiger partial charge in [-0.3, -0.25) is 4.68 Å². The fraction of sp³-hybridized carbons (Fsp3) is 0.667. The van der Waals surface area contributed by atoms with Crippen LogP contribution in [0.25, 0.3) is 0 Å². The van der Waals surface area contributed by atoms with Crippen LogP contribution in [-0.4, -0.2) is 9.78 Å². The minimum absolute atomic E-state index is 0.853. The van der Waals surface area contributed by atoms with Gasteiger partial charge in [0.1, 0.15) is 0 Å². The fourth-order valence-electron chi connectivity index (χ4n) is 1.83. The molecule has 0 aromatic carbocycles. The van der Waals surface area contributed by atoms with Crippen LogP contribution in [0.3, 0.4) is 0 Å². The number of aromatic nitrogens is 2. The maximum atomic E-state index is 4.40. The lowest BCUT2D eigenvalue weighted by Gasteiger charge is -2.15. The van der Waals surface area contributed by atoms with Crippen molar-refractivity contribution in [2.75, 3.05) is 0 Å². The van der Waals surface area contributed by atoms with E-state index in [-0.39, 0.29) is 0 Å². The van der Waals surface area contributed by atoms with E-state index in [1.165, 1.54) is 30.5 Å². The monoisotopic (exact) mass is 150 g/mol. The van der Waals surface area contributed by atoms with Crippen LogP contribution in [0.2, 0.25) is 0 Å². The number of hydrogen-bond donors (Lipinski definition) is 0. The summed E-state index contributed by atoms with van der Waals surface area (Å²) in [6.07, 6.45) is 5.87. The maximum Gasteiger partial charge on any atom is 0.0656 e. The first-order valence-corrected chi connectivity index (χ1v) is 4.27. The quantitative estimate of drug-likeness (QED) is 0.548. The van der Waals surface area contributed by atoms with E-state index < -0.39 is 0 Å². The van der Waals surface area contributed by atoms with Crippen LogP contribution in [0.1, 0.15) is 24.6 Å². The molecule has 0 N–H and O–H groups in total. The molecule has 0 amide bonds. The van der Waals surface area contributed by atoms with E-state index in [0.29, 0.717) is 0 Å². The second kappa shape index (κ2) is 2.36. The molecule has 0 aliphatic heterocycles. The molecule has 0 saturated heterocycles. The molecular weight excluding hydrogens is 136 g/mol. The Kier molecular flexibility index (Phi) is 1.48. The lowest BCUT2D eigenvalue weighted by Crippen LogP contribution is -2.09. The van der Waals surface area contributed by atoms with Crippen LogP contribution in [-0.2, 0) is 19.9 Å². The third kappa shape index (κ3) is 1.17. The molecule has 1 atom stereocenters. The highest BCUT2D eigenvalue weighted by atomic mass is 15.2. The van der Waals surface area contributed by atoms with Gasteiger partial charge in [0.2, 0.25) is 0 Å². The summed E-state index contributed by atoms with van der Waals surface area (Å²) in [5.41, 5.74) is 2.79. The summed E-state index contributed by atoms with van der Waals surface area (Å²) in [7, 11) is 2.00. The summed E-state index contributed by atoms with van der Waals surface area (Å²) in [6.45, 7) is 2.32. The second-order valence-electron chi connectivity index (χ2n) is 3.62. The molecular formula is C9H14N2. The zero-order valence-corrected chi connectivity index (χ0v) is 7.17. The molecule has 0 fully saturated rings. The normalized spacial score (nSPS) is 23.3. The zero-order chi connectivity index (χ0) is 7.84. The molecule has 0 spiro atoms. The predicted octanol–water partition coefficient (Wildman–Crippen LogP) is 1.54. The van der Waals surface area contributed by atoms with Crippen molar-refractivity contribution >= 4 is 0 Å². The van der Waals surface area contributed by atoms with Crippen molar-refractivity contribution in [1.29, 1.82) is 0 Å². The van der Waals surface area contributed by atoms with Crippen molar-refractivity contribution in [3.8, 4) is 0 Å². The summed E-state index contributed by atoms with van der Waals surface area (Å²) < 4.78 is 1.93. The van der Waals surface area contributed by atoms with Crippen molar-refractivity contribution < 1.29 is 0 Å². The predicted molar refractivity (Wildman–Crippen MR) is 44.4 cm³/mol. The van der Waals surface area contributed by atoms with Crippen LogP contribution < -0.4 is 0 Å². The largest absolute Gasteiger partial charge is 0.275 e. The van der Waals surface area contributed by atoms with E-state index in [0.717, 1.165) is 5.92 Å². The first-order chi connectivity index (χ1) is 5.25. The first-order valence-electron chi connectivity index (χ1n) is 4.27. The Balaban J connectivity index is 2.34. The molecule has 1 aliphatic carbocycles. The number of hydrogen-bond acceptors (Lipinski definition) is 1. The van der Waals surface area contributed by atoms with Gasteiger partial charge in [-0.15, -0.1) is 0 Å². The van der Waals surface area contributed by atoms with Crippen molar-refractivity contribution in [3.63, 3.8) is 0 Å². The van der Waals surface area contributed by atoms with Gasteiger partial charge >= 0.3 is 0 Å². The fourth-order valence-corrected chi connectivity index (χ4v) is 1.83. The van der Waals surface area contributed by atoms with Gasteiger partial charge in [0, 0.05) is 13.2 Å². The summed E-state index contributed by atoms with van der Waals surface area (Å²) in [6, 6.07) is 0. The third-order valence-corrected chi connectivity index (χ3v) is 2.43. The van der Waals surface area contributed by atoms with Gasteiger partial charge in [0.05, 0.1) is 5.69 Å².